The Balaban J connectivity index is 2.54. The van der Waals surface area contributed by atoms with Crippen LogP contribution in [0.1, 0.15) is 18.0 Å². The third-order valence-corrected chi connectivity index (χ3v) is 3.20. The molecule has 0 unspecified atom stereocenters. The lowest BCUT2D eigenvalue weighted by Gasteiger charge is -2.24. The lowest BCUT2D eigenvalue weighted by molar-refractivity contribution is 0.267. The highest BCUT2D eigenvalue weighted by Gasteiger charge is 2.22. The summed E-state index contributed by atoms with van der Waals surface area (Å²) in [6.45, 7) is 0.687. The molecule has 0 saturated heterocycles. The van der Waals surface area contributed by atoms with Gasteiger partial charge in [-0.25, -0.2) is 0 Å². The zero-order valence-corrected chi connectivity index (χ0v) is 9.50. The number of benzene rings is 1. The maximum absolute atomic E-state index is 6.01. The van der Waals surface area contributed by atoms with E-state index in [-0.39, 0.29) is 6.04 Å². The number of hydrogen-bond donors (Lipinski definition) is 1. The van der Waals surface area contributed by atoms with Gasteiger partial charge in [-0.3, -0.25) is 0 Å². The van der Waals surface area contributed by atoms with E-state index < -0.39 is 0 Å². The standard InChI is InChI=1S/C10H12BrNO2/c1-13-8-3-2-7-9(10(8)11)6(12)4-5-14-7/h2-3,6H,4-5,12H2,1H3/t6-/m1/s1. The van der Waals surface area contributed by atoms with E-state index >= 15 is 0 Å². The molecule has 0 amide bonds. The van der Waals surface area contributed by atoms with Gasteiger partial charge in [0.05, 0.1) is 18.2 Å². The Morgan fingerprint density at radius 3 is 3.07 bits per heavy atom. The molecule has 0 bridgehead atoms. The van der Waals surface area contributed by atoms with Crippen LogP contribution >= 0.6 is 15.9 Å². The molecular weight excluding hydrogens is 246 g/mol. The highest BCUT2D eigenvalue weighted by Crippen LogP contribution is 2.41. The van der Waals surface area contributed by atoms with Crippen molar-refractivity contribution in [3.8, 4) is 11.5 Å². The molecule has 4 heteroatoms. The number of nitrogens with two attached hydrogens (primary N) is 1. The molecule has 76 valence electrons. The van der Waals surface area contributed by atoms with Gasteiger partial charge in [0.2, 0.25) is 0 Å². The largest absolute Gasteiger partial charge is 0.496 e. The SMILES string of the molecule is COc1ccc2c(c1Br)[C@H](N)CCO2. The number of hydrogen-bond acceptors (Lipinski definition) is 3. The first kappa shape index (κ1) is 9.80. The minimum atomic E-state index is 0.0308. The highest BCUT2D eigenvalue weighted by atomic mass is 79.9. The van der Waals surface area contributed by atoms with Crippen LogP contribution in [0.25, 0.3) is 0 Å². The predicted molar refractivity (Wildman–Crippen MR) is 57.7 cm³/mol. The normalized spacial score (nSPS) is 19.8. The fourth-order valence-electron chi connectivity index (χ4n) is 1.62. The Bertz CT molecular complexity index is 354. The number of ether oxygens (including phenoxy) is 2. The van der Waals surface area contributed by atoms with Crippen molar-refractivity contribution in [2.45, 2.75) is 12.5 Å². The van der Waals surface area contributed by atoms with Gasteiger partial charge < -0.3 is 15.2 Å². The van der Waals surface area contributed by atoms with Crippen LogP contribution in [-0.2, 0) is 0 Å². The second kappa shape index (κ2) is 3.79. The molecule has 1 heterocycles. The number of fused-ring (bicyclic) bond motifs is 1. The second-order valence-corrected chi connectivity index (χ2v) is 4.03. The van der Waals surface area contributed by atoms with Crippen molar-refractivity contribution in [1.29, 1.82) is 0 Å². The van der Waals surface area contributed by atoms with Gasteiger partial charge in [-0.2, -0.15) is 0 Å². The molecular formula is C10H12BrNO2. The van der Waals surface area contributed by atoms with Gasteiger partial charge in [0.15, 0.2) is 0 Å². The molecule has 1 atom stereocenters. The molecule has 2 rings (SSSR count). The average Bonchev–Trinajstić information content (AvgIpc) is 2.18. The van der Waals surface area contributed by atoms with Gasteiger partial charge in [-0.15, -0.1) is 0 Å². The van der Waals surface area contributed by atoms with Crippen LogP contribution in [-0.4, -0.2) is 13.7 Å². The number of methoxy groups -OCH3 is 1. The summed E-state index contributed by atoms with van der Waals surface area (Å²) in [5.41, 5.74) is 7.02. The van der Waals surface area contributed by atoms with E-state index in [0.717, 1.165) is 28.0 Å². The van der Waals surface area contributed by atoms with Crippen LogP contribution < -0.4 is 15.2 Å². The Morgan fingerprint density at radius 1 is 1.57 bits per heavy atom. The molecule has 0 radical (unpaired) electrons. The van der Waals surface area contributed by atoms with Gasteiger partial charge in [0, 0.05) is 18.0 Å². The summed E-state index contributed by atoms with van der Waals surface area (Å²) in [4.78, 5) is 0. The third-order valence-electron chi connectivity index (χ3n) is 2.38. The molecule has 1 aliphatic rings. The smallest absolute Gasteiger partial charge is 0.133 e. The molecule has 0 spiro atoms. The summed E-state index contributed by atoms with van der Waals surface area (Å²) in [7, 11) is 1.64. The molecule has 0 fully saturated rings. The third kappa shape index (κ3) is 1.48. The first-order chi connectivity index (χ1) is 6.74. The van der Waals surface area contributed by atoms with Crippen LogP contribution in [0.5, 0.6) is 11.5 Å². The van der Waals surface area contributed by atoms with Crippen molar-refractivity contribution in [2.75, 3.05) is 13.7 Å². The quantitative estimate of drug-likeness (QED) is 0.840. The van der Waals surface area contributed by atoms with Crippen LogP contribution in [0.15, 0.2) is 16.6 Å². The Kier molecular flexibility index (Phi) is 2.65. The van der Waals surface area contributed by atoms with Crippen LogP contribution in [0.3, 0.4) is 0 Å². The molecule has 0 aromatic heterocycles. The van der Waals surface area contributed by atoms with E-state index in [0.29, 0.717) is 6.61 Å². The van der Waals surface area contributed by atoms with Crippen molar-refractivity contribution in [3.63, 3.8) is 0 Å². The summed E-state index contributed by atoms with van der Waals surface area (Å²) >= 11 is 3.48. The molecule has 3 nitrogen and oxygen atoms in total. The zero-order chi connectivity index (χ0) is 10.1. The highest BCUT2D eigenvalue weighted by molar-refractivity contribution is 9.10. The maximum atomic E-state index is 6.01. The summed E-state index contributed by atoms with van der Waals surface area (Å²) < 4.78 is 11.6. The van der Waals surface area contributed by atoms with Gasteiger partial charge in [-0.1, -0.05) is 0 Å². The van der Waals surface area contributed by atoms with E-state index in [1.165, 1.54) is 0 Å². The summed E-state index contributed by atoms with van der Waals surface area (Å²) in [6.07, 6.45) is 0.846. The summed E-state index contributed by atoms with van der Waals surface area (Å²) in [5, 5.41) is 0. The predicted octanol–water partition coefficient (Wildman–Crippen LogP) is 2.24. The fraction of sp³-hybridized carbons (Fsp3) is 0.400. The van der Waals surface area contributed by atoms with Gasteiger partial charge >= 0.3 is 0 Å². The Morgan fingerprint density at radius 2 is 2.36 bits per heavy atom. The van der Waals surface area contributed by atoms with Crippen molar-refractivity contribution in [1.82, 2.24) is 0 Å². The first-order valence-electron chi connectivity index (χ1n) is 4.49. The minimum absolute atomic E-state index is 0.0308. The minimum Gasteiger partial charge on any atom is -0.496 e. The molecule has 1 aromatic rings. The zero-order valence-electron chi connectivity index (χ0n) is 7.92. The Labute approximate surface area is 91.3 Å². The Hall–Kier alpha value is -0.740. The van der Waals surface area contributed by atoms with Crippen molar-refractivity contribution in [3.05, 3.63) is 22.2 Å². The van der Waals surface area contributed by atoms with Crippen LogP contribution in [0.2, 0.25) is 0 Å². The van der Waals surface area contributed by atoms with Crippen molar-refractivity contribution in [2.24, 2.45) is 5.73 Å². The monoisotopic (exact) mass is 257 g/mol. The lowest BCUT2D eigenvalue weighted by atomic mass is 10.0. The van der Waals surface area contributed by atoms with Crippen LogP contribution in [0, 0.1) is 0 Å². The molecule has 2 N–H and O–H groups in total. The van der Waals surface area contributed by atoms with E-state index in [1.807, 2.05) is 12.1 Å². The van der Waals surface area contributed by atoms with Crippen molar-refractivity contribution < 1.29 is 9.47 Å². The molecule has 14 heavy (non-hydrogen) atoms. The molecule has 1 aliphatic heterocycles. The van der Waals surface area contributed by atoms with Crippen LogP contribution in [0.4, 0.5) is 0 Å². The fourth-order valence-corrected chi connectivity index (χ4v) is 2.41. The van der Waals surface area contributed by atoms with Gasteiger partial charge in [-0.05, 0) is 28.1 Å². The van der Waals surface area contributed by atoms with Gasteiger partial charge in [0.25, 0.3) is 0 Å². The van der Waals surface area contributed by atoms with Crippen molar-refractivity contribution >= 4 is 15.9 Å². The van der Waals surface area contributed by atoms with E-state index in [9.17, 15) is 0 Å². The van der Waals surface area contributed by atoms with E-state index in [1.54, 1.807) is 7.11 Å². The lowest BCUT2D eigenvalue weighted by Crippen LogP contribution is -2.21. The molecule has 0 saturated carbocycles. The first-order valence-corrected chi connectivity index (χ1v) is 5.28. The van der Waals surface area contributed by atoms with E-state index in [4.69, 9.17) is 15.2 Å². The summed E-state index contributed by atoms with van der Waals surface area (Å²) in [6, 6.07) is 3.81. The maximum Gasteiger partial charge on any atom is 0.133 e. The number of rotatable bonds is 1. The average molecular weight is 258 g/mol. The number of halogens is 1. The summed E-state index contributed by atoms with van der Waals surface area (Å²) in [5.74, 6) is 1.65. The topological polar surface area (TPSA) is 44.5 Å². The van der Waals surface area contributed by atoms with E-state index in [2.05, 4.69) is 15.9 Å². The van der Waals surface area contributed by atoms with Gasteiger partial charge in [0.1, 0.15) is 11.5 Å². The molecule has 1 aromatic carbocycles. The molecule has 0 aliphatic carbocycles. The second-order valence-electron chi connectivity index (χ2n) is 3.24.